The van der Waals surface area contributed by atoms with E-state index in [1.54, 1.807) is 32.0 Å². The lowest BCUT2D eigenvalue weighted by molar-refractivity contribution is -0.133. The zero-order valence-electron chi connectivity index (χ0n) is 13.2. The summed E-state index contributed by atoms with van der Waals surface area (Å²) in [6, 6.07) is 8.53. The Labute approximate surface area is 138 Å². The molecule has 2 aromatic rings. The van der Waals surface area contributed by atoms with Crippen molar-refractivity contribution in [2.45, 2.75) is 32.6 Å². The predicted molar refractivity (Wildman–Crippen MR) is 83.2 cm³/mol. The normalized spacial score (nSPS) is 18.9. The molecule has 0 spiro atoms. The van der Waals surface area contributed by atoms with Crippen LogP contribution in [0.15, 0.2) is 34.7 Å². The molecule has 1 aliphatic rings. The van der Waals surface area contributed by atoms with Gasteiger partial charge in [0.2, 0.25) is 6.10 Å². The summed E-state index contributed by atoms with van der Waals surface area (Å²) < 4.78 is 16.7. The van der Waals surface area contributed by atoms with Crippen LogP contribution in [-0.2, 0) is 11.3 Å². The third-order valence-electron chi connectivity index (χ3n) is 3.74. The first-order chi connectivity index (χ1) is 11.5. The lowest BCUT2D eigenvalue weighted by Crippen LogP contribution is -2.48. The van der Waals surface area contributed by atoms with Gasteiger partial charge in [-0.15, -0.1) is 0 Å². The first-order valence-electron chi connectivity index (χ1n) is 7.48. The van der Waals surface area contributed by atoms with Gasteiger partial charge in [-0.3, -0.25) is 4.79 Å². The lowest BCUT2D eigenvalue weighted by atomic mass is 10.1. The molecule has 2 heterocycles. The van der Waals surface area contributed by atoms with Gasteiger partial charge in [0.05, 0.1) is 6.54 Å². The van der Waals surface area contributed by atoms with Crippen LogP contribution >= 0.6 is 0 Å². The van der Waals surface area contributed by atoms with E-state index in [1.807, 2.05) is 6.07 Å². The second-order valence-electron chi connectivity index (χ2n) is 5.51. The Kier molecular flexibility index (Phi) is 4.16. The Hall–Kier alpha value is -2.96. The fraction of sp³-hybridized carbons (Fsp3) is 0.294. The zero-order valence-corrected chi connectivity index (χ0v) is 13.2. The quantitative estimate of drug-likeness (QED) is 0.890. The highest BCUT2D eigenvalue weighted by atomic mass is 16.6. The van der Waals surface area contributed by atoms with Crippen LogP contribution in [0.3, 0.4) is 0 Å². The molecule has 0 aliphatic carbocycles. The minimum Gasteiger partial charge on any atom is -0.482 e. The highest BCUT2D eigenvalue weighted by Crippen LogP contribution is 2.33. The van der Waals surface area contributed by atoms with Crippen molar-refractivity contribution in [3.8, 4) is 11.5 Å². The molecule has 2 atom stereocenters. The molecule has 24 heavy (non-hydrogen) atoms. The number of hydrogen-bond donors (Lipinski definition) is 2. The van der Waals surface area contributed by atoms with Crippen LogP contribution in [0.1, 0.15) is 28.8 Å². The standard InChI is InChI=1S/C17H17NO6/c1-9-12(17(20)21)7-11(22-9)8-18-16(19)15-10(2)23-13-5-3-4-6-14(13)24-15/h3-7,10,15H,8H2,1-2H3,(H,18,19)(H,20,21)/t10-,15+/m1/s1. The van der Waals surface area contributed by atoms with Crippen molar-refractivity contribution in [2.24, 2.45) is 0 Å². The van der Waals surface area contributed by atoms with E-state index in [4.69, 9.17) is 19.0 Å². The van der Waals surface area contributed by atoms with Crippen molar-refractivity contribution in [3.05, 3.63) is 47.4 Å². The number of benzene rings is 1. The number of furan rings is 1. The first-order valence-corrected chi connectivity index (χ1v) is 7.48. The lowest BCUT2D eigenvalue weighted by Gasteiger charge is -2.30. The Balaban J connectivity index is 1.65. The van der Waals surface area contributed by atoms with Gasteiger partial charge in [-0.1, -0.05) is 12.1 Å². The number of ether oxygens (including phenoxy) is 2. The van der Waals surface area contributed by atoms with Gasteiger partial charge in [0.1, 0.15) is 23.2 Å². The van der Waals surface area contributed by atoms with Gasteiger partial charge in [0, 0.05) is 0 Å². The number of aryl methyl sites for hydroxylation is 1. The maximum Gasteiger partial charge on any atom is 0.339 e. The fourth-order valence-corrected chi connectivity index (χ4v) is 2.52. The molecule has 7 nitrogen and oxygen atoms in total. The molecule has 126 valence electrons. The largest absolute Gasteiger partial charge is 0.482 e. The van der Waals surface area contributed by atoms with Gasteiger partial charge < -0.3 is 24.3 Å². The average Bonchev–Trinajstić information content (AvgIpc) is 2.93. The summed E-state index contributed by atoms with van der Waals surface area (Å²) in [7, 11) is 0. The number of carbonyl (C=O) groups excluding carboxylic acids is 1. The summed E-state index contributed by atoms with van der Waals surface area (Å²) in [5.74, 6) is 0.347. The van der Waals surface area contributed by atoms with E-state index in [9.17, 15) is 9.59 Å². The second kappa shape index (κ2) is 6.27. The molecule has 1 amide bonds. The Bertz CT molecular complexity index is 781. The van der Waals surface area contributed by atoms with Crippen LogP contribution in [0.2, 0.25) is 0 Å². The van der Waals surface area contributed by atoms with Crippen LogP contribution in [0.25, 0.3) is 0 Å². The summed E-state index contributed by atoms with van der Waals surface area (Å²) >= 11 is 0. The van der Waals surface area contributed by atoms with E-state index in [2.05, 4.69) is 5.32 Å². The molecule has 1 aliphatic heterocycles. The van der Waals surface area contributed by atoms with Crippen molar-refractivity contribution >= 4 is 11.9 Å². The van der Waals surface area contributed by atoms with E-state index < -0.39 is 18.2 Å². The maximum atomic E-state index is 12.3. The molecule has 1 aromatic carbocycles. The average molecular weight is 331 g/mol. The van der Waals surface area contributed by atoms with Gasteiger partial charge in [-0.2, -0.15) is 0 Å². The summed E-state index contributed by atoms with van der Waals surface area (Å²) in [6.45, 7) is 3.38. The summed E-state index contributed by atoms with van der Waals surface area (Å²) in [5, 5.41) is 11.7. The Morgan fingerprint density at radius 2 is 1.88 bits per heavy atom. The minimum atomic E-state index is -1.07. The monoisotopic (exact) mass is 331 g/mol. The maximum absolute atomic E-state index is 12.3. The van der Waals surface area contributed by atoms with E-state index in [-0.39, 0.29) is 18.0 Å². The van der Waals surface area contributed by atoms with Crippen LogP contribution in [0.5, 0.6) is 11.5 Å². The molecule has 7 heteroatoms. The number of carboxylic acids is 1. The molecule has 0 bridgehead atoms. The van der Waals surface area contributed by atoms with E-state index in [0.29, 0.717) is 23.0 Å². The van der Waals surface area contributed by atoms with Gasteiger partial charge >= 0.3 is 5.97 Å². The van der Waals surface area contributed by atoms with Crippen LogP contribution in [0.4, 0.5) is 0 Å². The van der Waals surface area contributed by atoms with Crippen LogP contribution in [-0.4, -0.2) is 29.2 Å². The van der Waals surface area contributed by atoms with Gasteiger partial charge in [-0.25, -0.2) is 4.79 Å². The van der Waals surface area contributed by atoms with Crippen molar-refractivity contribution < 1.29 is 28.6 Å². The van der Waals surface area contributed by atoms with Crippen LogP contribution < -0.4 is 14.8 Å². The van der Waals surface area contributed by atoms with E-state index in [0.717, 1.165) is 0 Å². The Morgan fingerprint density at radius 1 is 1.21 bits per heavy atom. The Morgan fingerprint density at radius 3 is 2.50 bits per heavy atom. The molecular weight excluding hydrogens is 314 g/mol. The number of carbonyl (C=O) groups is 2. The third-order valence-corrected chi connectivity index (χ3v) is 3.74. The molecule has 1 aromatic heterocycles. The SMILES string of the molecule is Cc1oc(CNC(=O)[C@H]2Oc3ccccc3O[C@@H]2C)cc1C(=O)O. The summed E-state index contributed by atoms with van der Waals surface area (Å²) in [4.78, 5) is 23.3. The van der Waals surface area contributed by atoms with Gasteiger partial charge in [-0.05, 0) is 32.0 Å². The molecule has 0 unspecified atom stereocenters. The predicted octanol–water partition coefficient (Wildman–Crippen LogP) is 2.13. The number of hydrogen-bond acceptors (Lipinski definition) is 5. The van der Waals surface area contributed by atoms with Crippen molar-refractivity contribution in [2.75, 3.05) is 0 Å². The molecule has 0 fully saturated rings. The number of para-hydroxylation sites is 2. The molecule has 0 saturated carbocycles. The van der Waals surface area contributed by atoms with E-state index >= 15 is 0 Å². The number of nitrogens with one attached hydrogen (secondary N) is 1. The van der Waals surface area contributed by atoms with E-state index in [1.165, 1.54) is 6.07 Å². The van der Waals surface area contributed by atoms with Gasteiger partial charge in [0.15, 0.2) is 11.5 Å². The number of aromatic carboxylic acids is 1. The van der Waals surface area contributed by atoms with Crippen LogP contribution in [0, 0.1) is 6.92 Å². The highest BCUT2D eigenvalue weighted by molar-refractivity contribution is 5.88. The highest BCUT2D eigenvalue weighted by Gasteiger charge is 2.34. The van der Waals surface area contributed by atoms with Crippen molar-refractivity contribution in [1.29, 1.82) is 0 Å². The number of fused-ring (bicyclic) bond motifs is 1. The first kappa shape index (κ1) is 15.9. The molecule has 2 N–H and O–H groups in total. The molecule has 3 rings (SSSR count). The number of amides is 1. The molecular formula is C17H17NO6. The zero-order chi connectivity index (χ0) is 17.3. The minimum absolute atomic E-state index is 0.0706. The van der Waals surface area contributed by atoms with Crippen molar-refractivity contribution in [1.82, 2.24) is 5.32 Å². The third kappa shape index (κ3) is 3.05. The fourth-order valence-electron chi connectivity index (χ4n) is 2.52. The summed E-state index contributed by atoms with van der Waals surface area (Å²) in [6.07, 6.45) is -1.25. The number of rotatable bonds is 4. The smallest absolute Gasteiger partial charge is 0.339 e. The van der Waals surface area contributed by atoms with Gasteiger partial charge in [0.25, 0.3) is 5.91 Å². The molecule has 0 saturated heterocycles. The second-order valence-corrected chi connectivity index (χ2v) is 5.51. The molecule has 0 radical (unpaired) electrons. The number of carboxylic acid groups (broad SMARTS) is 1. The van der Waals surface area contributed by atoms with Crippen molar-refractivity contribution in [3.63, 3.8) is 0 Å². The summed E-state index contributed by atoms with van der Waals surface area (Å²) in [5.41, 5.74) is 0.0822. The topological polar surface area (TPSA) is 98.0 Å².